The SMILES string of the molecule is CCCC/C([N+]#N)=C(\O)OC. The lowest BCUT2D eigenvalue weighted by molar-refractivity contribution is 0.131. The molecule has 0 fully saturated rings. The average Bonchev–Trinajstić information content (AvgIpc) is 2.05. The van der Waals surface area contributed by atoms with Crippen molar-refractivity contribution in [3.8, 4) is 0 Å². The van der Waals surface area contributed by atoms with E-state index in [1.807, 2.05) is 6.92 Å². The predicted octanol–water partition coefficient (Wildman–Crippen LogP) is 2.40. The molecule has 4 heteroatoms. The van der Waals surface area contributed by atoms with Gasteiger partial charge in [-0.05, 0) is 6.42 Å². The zero-order valence-electron chi connectivity index (χ0n) is 6.87. The molecule has 0 amide bonds. The van der Waals surface area contributed by atoms with Gasteiger partial charge < -0.3 is 9.84 Å². The Hall–Kier alpha value is -1.24. The standard InChI is InChI=1S/C7H12N2O2/c1-3-4-5-6(9-8)7(10)11-2/h3-5H2,1-2H3/p+1/b7-6-. The normalized spacial score (nSPS) is 11.7. The largest absolute Gasteiger partial charge is 0.475 e. The molecule has 0 rings (SSSR count). The molecule has 0 aromatic rings. The minimum atomic E-state index is -0.305. The Morgan fingerprint density at radius 1 is 1.64 bits per heavy atom. The quantitative estimate of drug-likeness (QED) is 0.503. The van der Waals surface area contributed by atoms with Crippen molar-refractivity contribution in [2.45, 2.75) is 26.2 Å². The lowest BCUT2D eigenvalue weighted by Crippen LogP contribution is -1.90. The summed E-state index contributed by atoms with van der Waals surface area (Å²) in [4.78, 5) is 2.90. The summed E-state index contributed by atoms with van der Waals surface area (Å²) in [5, 5.41) is 17.3. The summed E-state index contributed by atoms with van der Waals surface area (Å²) in [5.74, 6) is -0.305. The Balaban J connectivity index is 4.07. The van der Waals surface area contributed by atoms with Crippen LogP contribution in [-0.2, 0) is 4.74 Å². The van der Waals surface area contributed by atoms with Gasteiger partial charge >= 0.3 is 11.6 Å². The van der Waals surface area contributed by atoms with Crippen LogP contribution < -0.4 is 0 Å². The topological polar surface area (TPSA) is 57.6 Å². The fraction of sp³-hybridized carbons (Fsp3) is 0.714. The van der Waals surface area contributed by atoms with E-state index in [1.165, 1.54) is 7.11 Å². The van der Waals surface area contributed by atoms with Gasteiger partial charge in [-0.15, -0.1) is 0 Å². The molecule has 0 aliphatic carbocycles. The molecule has 0 aromatic heterocycles. The second kappa shape index (κ2) is 5.54. The molecule has 0 unspecified atom stereocenters. The van der Waals surface area contributed by atoms with Crippen LogP contribution in [0.4, 0.5) is 0 Å². The molecule has 0 aliphatic rings. The Bertz CT molecular complexity index is 181. The van der Waals surface area contributed by atoms with Crippen molar-refractivity contribution >= 4 is 0 Å². The molecule has 0 spiro atoms. The molecule has 0 heterocycles. The monoisotopic (exact) mass is 157 g/mol. The van der Waals surface area contributed by atoms with E-state index >= 15 is 0 Å². The van der Waals surface area contributed by atoms with Crippen LogP contribution in [0.5, 0.6) is 0 Å². The average molecular weight is 157 g/mol. The summed E-state index contributed by atoms with van der Waals surface area (Å²) in [6.45, 7) is 2.01. The Kier molecular flexibility index (Phi) is 4.91. The van der Waals surface area contributed by atoms with Gasteiger partial charge in [0.2, 0.25) is 5.39 Å². The maximum Gasteiger partial charge on any atom is 0.440 e. The number of aliphatic hydroxyl groups is 1. The Morgan fingerprint density at radius 3 is 2.64 bits per heavy atom. The number of rotatable bonds is 4. The number of hydrogen-bond donors (Lipinski definition) is 1. The molecule has 0 radical (unpaired) electrons. The van der Waals surface area contributed by atoms with Gasteiger partial charge in [0.1, 0.15) is 0 Å². The molecule has 0 saturated heterocycles. The molecule has 1 N–H and O–H groups in total. The predicted molar refractivity (Wildman–Crippen MR) is 41.3 cm³/mol. The minimum Gasteiger partial charge on any atom is -0.475 e. The highest BCUT2D eigenvalue weighted by molar-refractivity contribution is 5.08. The van der Waals surface area contributed by atoms with Gasteiger partial charge in [0.15, 0.2) is 4.98 Å². The van der Waals surface area contributed by atoms with Crippen LogP contribution in [-0.4, -0.2) is 12.2 Å². The van der Waals surface area contributed by atoms with Crippen LogP contribution in [0.1, 0.15) is 26.2 Å². The Labute approximate surface area is 66.1 Å². The van der Waals surface area contributed by atoms with E-state index in [9.17, 15) is 0 Å². The second-order valence-electron chi connectivity index (χ2n) is 2.16. The van der Waals surface area contributed by atoms with E-state index in [0.717, 1.165) is 12.8 Å². The van der Waals surface area contributed by atoms with Crippen molar-refractivity contribution in [3.05, 3.63) is 16.6 Å². The van der Waals surface area contributed by atoms with Crippen molar-refractivity contribution in [3.63, 3.8) is 0 Å². The highest BCUT2D eigenvalue weighted by atomic mass is 16.6. The van der Waals surface area contributed by atoms with E-state index in [2.05, 4.69) is 9.71 Å². The van der Waals surface area contributed by atoms with E-state index in [-0.39, 0.29) is 11.6 Å². The van der Waals surface area contributed by atoms with Crippen molar-refractivity contribution < 1.29 is 9.84 Å². The van der Waals surface area contributed by atoms with Crippen LogP contribution in [0.15, 0.2) is 11.6 Å². The lowest BCUT2D eigenvalue weighted by Gasteiger charge is -1.92. The fourth-order valence-corrected chi connectivity index (χ4v) is 0.662. The number of diazo groups is 1. The zero-order chi connectivity index (χ0) is 8.69. The summed E-state index contributed by atoms with van der Waals surface area (Å²) in [6.07, 6.45) is 2.38. The summed E-state index contributed by atoms with van der Waals surface area (Å²) >= 11 is 0. The third-order valence-corrected chi connectivity index (χ3v) is 1.33. The smallest absolute Gasteiger partial charge is 0.440 e. The van der Waals surface area contributed by atoms with Crippen molar-refractivity contribution in [1.82, 2.24) is 0 Å². The number of aliphatic hydroxyl groups excluding tert-OH is 1. The zero-order valence-corrected chi connectivity index (χ0v) is 6.87. The van der Waals surface area contributed by atoms with Gasteiger partial charge in [-0.25, -0.2) is 0 Å². The molecular formula is C7H13N2O2+. The van der Waals surface area contributed by atoms with Crippen LogP contribution in [0.3, 0.4) is 0 Å². The van der Waals surface area contributed by atoms with Crippen LogP contribution in [0.25, 0.3) is 4.98 Å². The van der Waals surface area contributed by atoms with Crippen molar-refractivity contribution in [1.29, 1.82) is 5.39 Å². The third kappa shape index (κ3) is 3.46. The van der Waals surface area contributed by atoms with E-state index in [0.29, 0.717) is 6.42 Å². The summed E-state index contributed by atoms with van der Waals surface area (Å²) in [6, 6.07) is 0. The number of hydrogen-bond acceptors (Lipinski definition) is 3. The van der Waals surface area contributed by atoms with Gasteiger partial charge in [0.05, 0.1) is 13.5 Å². The van der Waals surface area contributed by atoms with Gasteiger partial charge in [-0.3, -0.25) is 0 Å². The van der Waals surface area contributed by atoms with Crippen molar-refractivity contribution in [2.75, 3.05) is 7.11 Å². The highest BCUT2D eigenvalue weighted by Gasteiger charge is 2.18. The molecule has 0 aliphatic heterocycles. The van der Waals surface area contributed by atoms with Gasteiger partial charge in [0, 0.05) is 0 Å². The van der Waals surface area contributed by atoms with E-state index in [4.69, 9.17) is 10.5 Å². The fourth-order valence-electron chi connectivity index (χ4n) is 0.662. The van der Waals surface area contributed by atoms with Gasteiger partial charge in [-0.1, -0.05) is 13.3 Å². The van der Waals surface area contributed by atoms with E-state index in [1.54, 1.807) is 0 Å². The first-order valence-electron chi connectivity index (χ1n) is 3.57. The molecule has 0 bridgehead atoms. The van der Waals surface area contributed by atoms with E-state index < -0.39 is 0 Å². The molecule has 11 heavy (non-hydrogen) atoms. The number of allylic oxidation sites excluding steroid dienone is 1. The summed E-state index contributed by atoms with van der Waals surface area (Å²) in [7, 11) is 1.33. The van der Waals surface area contributed by atoms with Crippen LogP contribution in [0, 0.1) is 5.39 Å². The number of methoxy groups -OCH3 is 1. The summed E-state index contributed by atoms with van der Waals surface area (Å²) < 4.78 is 4.48. The second-order valence-corrected chi connectivity index (χ2v) is 2.16. The highest BCUT2D eigenvalue weighted by Crippen LogP contribution is 2.12. The van der Waals surface area contributed by atoms with Gasteiger partial charge in [0.25, 0.3) is 0 Å². The number of ether oxygens (including phenoxy) is 1. The van der Waals surface area contributed by atoms with Crippen LogP contribution in [0.2, 0.25) is 0 Å². The summed E-state index contributed by atoms with van der Waals surface area (Å²) in [5.41, 5.74) is 0.203. The maximum absolute atomic E-state index is 8.95. The van der Waals surface area contributed by atoms with Crippen molar-refractivity contribution in [2.24, 2.45) is 0 Å². The number of unbranched alkanes of at least 4 members (excludes halogenated alkanes) is 1. The van der Waals surface area contributed by atoms with Gasteiger partial charge in [-0.2, -0.15) is 0 Å². The molecule has 0 saturated carbocycles. The van der Waals surface area contributed by atoms with Crippen LogP contribution >= 0.6 is 0 Å². The molecule has 62 valence electrons. The first-order valence-corrected chi connectivity index (χ1v) is 3.57. The molecule has 4 nitrogen and oxygen atoms in total. The third-order valence-electron chi connectivity index (χ3n) is 1.33. The molecule has 0 aromatic carbocycles. The number of nitrogens with zero attached hydrogens (tertiary/aromatic N) is 2. The lowest BCUT2D eigenvalue weighted by atomic mass is 10.2. The first-order chi connectivity index (χ1) is 5.26. The Morgan fingerprint density at radius 2 is 2.27 bits per heavy atom. The maximum atomic E-state index is 8.95. The molecular weight excluding hydrogens is 144 g/mol. The minimum absolute atomic E-state index is 0.203. The first kappa shape index (κ1) is 9.76. The molecule has 0 atom stereocenters.